The van der Waals surface area contributed by atoms with Crippen molar-refractivity contribution in [1.29, 1.82) is 0 Å². The van der Waals surface area contributed by atoms with E-state index >= 15 is 0 Å². The Kier molecular flexibility index (Phi) is 3.87. The standard InChI is InChI=1S/C12H15NO3S2/c1-13(11-5-7-18(15,16)9-11)12(14)3-2-10-4-6-17-8-10/h2-4,6,8,11H,5,7,9H2,1H3/b3-2-/t11-/m1/s1. The zero-order valence-electron chi connectivity index (χ0n) is 10.1. The second kappa shape index (κ2) is 5.24. The van der Waals surface area contributed by atoms with E-state index in [0.29, 0.717) is 6.42 Å². The van der Waals surface area contributed by atoms with Gasteiger partial charge >= 0.3 is 0 Å². The predicted octanol–water partition coefficient (Wildman–Crippen LogP) is 1.41. The lowest BCUT2D eigenvalue weighted by molar-refractivity contribution is -0.126. The Labute approximate surface area is 111 Å². The Balaban J connectivity index is 1.97. The second-order valence-electron chi connectivity index (χ2n) is 4.40. The fourth-order valence-corrected chi connectivity index (χ4v) is 4.32. The van der Waals surface area contributed by atoms with Gasteiger partial charge in [0.05, 0.1) is 11.5 Å². The first-order valence-corrected chi connectivity index (χ1v) is 8.42. The van der Waals surface area contributed by atoms with Crippen molar-refractivity contribution in [2.45, 2.75) is 12.5 Å². The molecule has 2 rings (SSSR count). The van der Waals surface area contributed by atoms with Gasteiger partial charge in [-0.25, -0.2) is 8.42 Å². The number of hydrogen-bond acceptors (Lipinski definition) is 4. The first-order chi connectivity index (χ1) is 8.48. The third-order valence-corrected chi connectivity index (χ3v) is 5.52. The van der Waals surface area contributed by atoms with Gasteiger partial charge in [0.15, 0.2) is 9.84 Å². The summed E-state index contributed by atoms with van der Waals surface area (Å²) in [6.45, 7) is 0. The molecular formula is C12H15NO3S2. The van der Waals surface area contributed by atoms with Gasteiger partial charge in [0.25, 0.3) is 0 Å². The number of thiophene rings is 1. The zero-order valence-corrected chi connectivity index (χ0v) is 11.7. The van der Waals surface area contributed by atoms with Crippen LogP contribution in [0, 0.1) is 0 Å². The largest absolute Gasteiger partial charge is 0.338 e. The minimum atomic E-state index is -2.95. The van der Waals surface area contributed by atoms with Gasteiger partial charge in [-0.05, 0) is 34.9 Å². The predicted molar refractivity (Wildman–Crippen MR) is 73.2 cm³/mol. The van der Waals surface area contributed by atoms with Crippen molar-refractivity contribution < 1.29 is 13.2 Å². The molecule has 1 amide bonds. The third-order valence-electron chi connectivity index (χ3n) is 3.07. The molecule has 0 unspecified atom stereocenters. The van der Waals surface area contributed by atoms with Crippen LogP contribution < -0.4 is 0 Å². The first kappa shape index (κ1) is 13.3. The van der Waals surface area contributed by atoms with Crippen molar-refractivity contribution >= 4 is 33.2 Å². The van der Waals surface area contributed by atoms with Crippen LogP contribution in [0.25, 0.3) is 6.08 Å². The van der Waals surface area contributed by atoms with E-state index in [-0.39, 0.29) is 23.5 Å². The van der Waals surface area contributed by atoms with Gasteiger partial charge in [-0.2, -0.15) is 11.3 Å². The summed E-state index contributed by atoms with van der Waals surface area (Å²) in [7, 11) is -1.29. The van der Waals surface area contributed by atoms with Crippen LogP contribution in [0.15, 0.2) is 22.9 Å². The van der Waals surface area contributed by atoms with Gasteiger partial charge in [-0.15, -0.1) is 0 Å². The summed E-state index contributed by atoms with van der Waals surface area (Å²) in [4.78, 5) is 13.4. The number of carbonyl (C=O) groups excluding carboxylic acids is 1. The average molecular weight is 285 g/mol. The molecule has 0 N–H and O–H groups in total. The molecule has 0 radical (unpaired) electrons. The van der Waals surface area contributed by atoms with Gasteiger partial charge in [0.1, 0.15) is 0 Å². The fraction of sp³-hybridized carbons (Fsp3) is 0.417. The summed E-state index contributed by atoms with van der Waals surface area (Å²) in [5.41, 5.74) is 0.987. The third kappa shape index (κ3) is 3.20. The van der Waals surface area contributed by atoms with E-state index in [1.54, 1.807) is 24.5 Å². The molecular weight excluding hydrogens is 270 g/mol. The Bertz CT molecular complexity index is 546. The van der Waals surface area contributed by atoms with Crippen molar-refractivity contribution in [2.75, 3.05) is 18.6 Å². The molecule has 2 heterocycles. The Morgan fingerprint density at radius 2 is 2.33 bits per heavy atom. The lowest BCUT2D eigenvalue weighted by Gasteiger charge is -2.21. The van der Waals surface area contributed by atoms with Crippen LogP contribution in [-0.4, -0.2) is 43.8 Å². The van der Waals surface area contributed by atoms with Gasteiger partial charge in [0, 0.05) is 19.2 Å². The fourth-order valence-electron chi connectivity index (χ4n) is 1.92. The molecule has 0 aliphatic carbocycles. The Morgan fingerprint density at radius 1 is 1.56 bits per heavy atom. The Morgan fingerprint density at radius 3 is 2.89 bits per heavy atom. The van der Waals surface area contributed by atoms with Crippen LogP contribution in [-0.2, 0) is 14.6 Å². The van der Waals surface area contributed by atoms with Crippen LogP contribution in [0.5, 0.6) is 0 Å². The molecule has 98 valence electrons. The van der Waals surface area contributed by atoms with E-state index in [9.17, 15) is 13.2 Å². The maximum Gasteiger partial charge on any atom is 0.246 e. The number of likely N-dealkylation sites (N-methyl/N-ethyl adjacent to an activating group) is 1. The van der Waals surface area contributed by atoms with E-state index in [4.69, 9.17) is 0 Å². The summed E-state index contributed by atoms with van der Waals surface area (Å²) in [5.74, 6) is 0.119. The van der Waals surface area contributed by atoms with Crippen molar-refractivity contribution in [3.05, 3.63) is 28.5 Å². The van der Waals surface area contributed by atoms with Crippen molar-refractivity contribution in [2.24, 2.45) is 0 Å². The molecule has 1 fully saturated rings. The number of carbonyl (C=O) groups is 1. The van der Waals surface area contributed by atoms with E-state index in [2.05, 4.69) is 0 Å². The number of hydrogen-bond donors (Lipinski definition) is 0. The SMILES string of the molecule is CN(C(=O)/C=C\c1ccsc1)[C@@H]1CCS(=O)(=O)C1. The molecule has 0 spiro atoms. The normalized spacial score (nSPS) is 22.4. The quantitative estimate of drug-likeness (QED) is 0.789. The lowest BCUT2D eigenvalue weighted by Crippen LogP contribution is -2.36. The highest BCUT2D eigenvalue weighted by Crippen LogP contribution is 2.17. The Hall–Kier alpha value is -1.14. The molecule has 0 bridgehead atoms. The van der Waals surface area contributed by atoms with Crippen LogP contribution in [0.3, 0.4) is 0 Å². The summed E-state index contributed by atoms with van der Waals surface area (Å²) in [5, 5.41) is 3.89. The van der Waals surface area contributed by atoms with Gasteiger partial charge in [-0.3, -0.25) is 4.79 Å². The van der Waals surface area contributed by atoms with Gasteiger partial charge in [0.2, 0.25) is 5.91 Å². The van der Waals surface area contributed by atoms with E-state index in [1.165, 1.54) is 11.0 Å². The summed E-state index contributed by atoms with van der Waals surface area (Å²) < 4.78 is 22.7. The molecule has 1 aliphatic heterocycles. The minimum Gasteiger partial charge on any atom is -0.338 e. The maximum atomic E-state index is 11.9. The van der Waals surface area contributed by atoms with Gasteiger partial charge in [-0.1, -0.05) is 0 Å². The first-order valence-electron chi connectivity index (χ1n) is 5.65. The summed E-state index contributed by atoms with van der Waals surface area (Å²) in [6.07, 6.45) is 3.78. The number of sulfone groups is 1. The van der Waals surface area contributed by atoms with E-state index < -0.39 is 9.84 Å². The zero-order chi connectivity index (χ0) is 13.2. The maximum absolute atomic E-state index is 11.9. The highest BCUT2D eigenvalue weighted by atomic mass is 32.2. The second-order valence-corrected chi connectivity index (χ2v) is 7.40. The van der Waals surface area contributed by atoms with Crippen molar-refractivity contribution in [1.82, 2.24) is 4.90 Å². The monoisotopic (exact) mass is 285 g/mol. The molecule has 1 aromatic heterocycles. The number of rotatable bonds is 3. The van der Waals surface area contributed by atoms with Crippen LogP contribution >= 0.6 is 11.3 Å². The van der Waals surface area contributed by atoms with Crippen LogP contribution in [0.4, 0.5) is 0 Å². The number of amides is 1. The summed E-state index contributed by atoms with van der Waals surface area (Å²) >= 11 is 1.57. The highest BCUT2D eigenvalue weighted by Gasteiger charge is 2.31. The minimum absolute atomic E-state index is 0.0849. The molecule has 18 heavy (non-hydrogen) atoms. The molecule has 6 heteroatoms. The molecule has 1 atom stereocenters. The molecule has 0 aromatic carbocycles. The van der Waals surface area contributed by atoms with Gasteiger partial charge < -0.3 is 4.90 Å². The molecule has 4 nitrogen and oxygen atoms in total. The molecule has 0 saturated carbocycles. The lowest BCUT2D eigenvalue weighted by atomic mass is 10.2. The van der Waals surface area contributed by atoms with Crippen LogP contribution in [0.1, 0.15) is 12.0 Å². The van der Waals surface area contributed by atoms with Crippen molar-refractivity contribution in [3.63, 3.8) is 0 Å². The number of nitrogens with zero attached hydrogens (tertiary/aromatic N) is 1. The molecule has 1 aromatic rings. The van der Waals surface area contributed by atoms with E-state index in [0.717, 1.165) is 5.56 Å². The van der Waals surface area contributed by atoms with Crippen molar-refractivity contribution in [3.8, 4) is 0 Å². The molecule has 1 saturated heterocycles. The topological polar surface area (TPSA) is 54.5 Å². The summed E-state index contributed by atoms with van der Waals surface area (Å²) in [6, 6.07) is 1.74. The van der Waals surface area contributed by atoms with Crippen LogP contribution in [0.2, 0.25) is 0 Å². The average Bonchev–Trinajstić information content (AvgIpc) is 2.94. The highest BCUT2D eigenvalue weighted by molar-refractivity contribution is 7.91. The molecule has 1 aliphatic rings. The van der Waals surface area contributed by atoms with E-state index in [1.807, 2.05) is 16.8 Å². The smallest absolute Gasteiger partial charge is 0.246 e.